The van der Waals surface area contributed by atoms with E-state index in [-0.39, 0.29) is 6.04 Å². The van der Waals surface area contributed by atoms with Crippen LogP contribution in [0.25, 0.3) is 0 Å². The van der Waals surface area contributed by atoms with Gasteiger partial charge in [0, 0.05) is 18.4 Å². The number of nitrogens with two attached hydrogens (primary N) is 1. The van der Waals surface area contributed by atoms with Crippen molar-refractivity contribution in [1.29, 1.82) is 0 Å². The fourth-order valence-electron chi connectivity index (χ4n) is 1.27. The molecule has 0 aliphatic heterocycles. The number of aromatic nitrogens is 4. The summed E-state index contributed by atoms with van der Waals surface area (Å²) < 4.78 is 1.77. The zero-order valence-electron chi connectivity index (χ0n) is 8.54. The lowest BCUT2D eigenvalue weighted by molar-refractivity contribution is 0.648. The molecule has 0 aliphatic rings. The minimum atomic E-state index is -0.0730. The van der Waals surface area contributed by atoms with Crippen LogP contribution < -0.4 is 5.73 Å². The van der Waals surface area contributed by atoms with Crippen LogP contribution in [-0.4, -0.2) is 20.0 Å². The summed E-state index contributed by atoms with van der Waals surface area (Å²) in [5, 5.41) is 7.98. The summed E-state index contributed by atoms with van der Waals surface area (Å²) in [5.41, 5.74) is 7.65. The Bertz CT molecular complexity index is 420. The Labute approximate surface area is 87.9 Å². The van der Waals surface area contributed by atoms with Crippen molar-refractivity contribution >= 4 is 0 Å². The summed E-state index contributed by atoms with van der Waals surface area (Å²) in [6.45, 7) is 2.59. The lowest BCUT2D eigenvalue weighted by Gasteiger charge is -1.99. The van der Waals surface area contributed by atoms with Crippen LogP contribution in [0.5, 0.6) is 0 Å². The van der Waals surface area contributed by atoms with E-state index < -0.39 is 0 Å². The fourth-order valence-corrected chi connectivity index (χ4v) is 1.27. The van der Waals surface area contributed by atoms with E-state index >= 15 is 0 Å². The Kier molecular flexibility index (Phi) is 2.73. The molecule has 2 heterocycles. The summed E-state index contributed by atoms with van der Waals surface area (Å²) in [7, 11) is 0. The van der Waals surface area contributed by atoms with E-state index in [1.54, 1.807) is 17.1 Å². The van der Waals surface area contributed by atoms with Crippen LogP contribution in [0.15, 0.2) is 30.7 Å². The molecule has 2 aromatic rings. The van der Waals surface area contributed by atoms with Gasteiger partial charge in [0.25, 0.3) is 0 Å². The molecule has 1 atom stereocenters. The highest BCUT2D eigenvalue weighted by Gasteiger charge is 2.04. The largest absolute Gasteiger partial charge is 0.323 e. The van der Waals surface area contributed by atoms with E-state index in [0.717, 1.165) is 11.3 Å². The van der Waals surface area contributed by atoms with Crippen LogP contribution in [0.2, 0.25) is 0 Å². The molecule has 2 rings (SSSR count). The first-order valence-electron chi connectivity index (χ1n) is 4.80. The minimum absolute atomic E-state index is 0.0730. The topological polar surface area (TPSA) is 69.6 Å². The maximum atomic E-state index is 5.69. The van der Waals surface area contributed by atoms with Gasteiger partial charge < -0.3 is 5.73 Å². The zero-order valence-corrected chi connectivity index (χ0v) is 8.54. The molecule has 5 nitrogen and oxygen atoms in total. The van der Waals surface area contributed by atoms with E-state index in [1.807, 2.05) is 25.3 Å². The monoisotopic (exact) mass is 203 g/mol. The van der Waals surface area contributed by atoms with Gasteiger partial charge in [-0.2, -0.15) is 0 Å². The van der Waals surface area contributed by atoms with Crippen molar-refractivity contribution in [2.45, 2.75) is 19.5 Å². The second kappa shape index (κ2) is 4.18. The molecular weight excluding hydrogens is 190 g/mol. The number of nitrogens with zero attached hydrogens (tertiary/aromatic N) is 4. The van der Waals surface area contributed by atoms with E-state index in [1.165, 1.54) is 0 Å². The van der Waals surface area contributed by atoms with Gasteiger partial charge in [-0.15, -0.1) is 5.10 Å². The van der Waals surface area contributed by atoms with Gasteiger partial charge in [0.15, 0.2) is 0 Å². The van der Waals surface area contributed by atoms with Gasteiger partial charge in [0.2, 0.25) is 0 Å². The summed E-state index contributed by atoms with van der Waals surface area (Å²) in [6, 6.07) is 3.83. The highest BCUT2D eigenvalue weighted by Crippen LogP contribution is 2.05. The standard InChI is InChI=1S/C10H13N5/c1-8(11)10-7-15(14-13-10)6-9-2-4-12-5-3-9/h2-5,7-8H,6,11H2,1H3. The van der Waals surface area contributed by atoms with E-state index in [9.17, 15) is 0 Å². The van der Waals surface area contributed by atoms with Gasteiger partial charge in [0.1, 0.15) is 0 Å². The Balaban J connectivity index is 2.12. The number of rotatable bonds is 3. The molecule has 2 N–H and O–H groups in total. The molecule has 15 heavy (non-hydrogen) atoms. The maximum Gasteiger partial charge on any atom is 0.0991 e. The molecule has 0 amide bonds. The second-order valence-corrected chi connectivity index (χ2v) is 3.49. The average Bonchev–Trinajstić information content (AvgIpc) is 2.68. The van der Waals surface area contributed by atoms with E-state index in [0.29, 0.717) is 6.54 Å². The van der Waals surface area contributed by atoms with Gasteiger partial charge >= 0.3 is 0 Å². The Morgan fingerprint density at radius 1 is 1.40 bits per heavy atom. The third-order valence-corrected chi connectivity index (χ3v) is 2.12. The summed E-state index contributed by atoms with van der Waals surface area (Å²) >= 11 is 0. The molecule has 0 aromatic carbocycles. The molecule has 0 saturated heterocycles. The molecule has 1 unspecified atom stereocenters. The molecule has 0 bridgehead atoms. The molecule has 5 heteroatoms. The molecular formula is C10H13N5. The van der Waals surface area contributed by atoms with Crippen molar-refractivity contribution in [2.75, 3.05) is 0 Å². The second-order valence-electron chi connectivity index (χ2n) is 3.49. The fraction of sp³-hybridized carbons (Fsp3) is 0.300. The summed E-state index contributed by atoms with van der Waals surface area (Å²) in [4.78, 5) is 3.96. The smallest absolute Gasteiger partial charge is 0.0991 e. The van der Waals surface area contributed by atoms with Crippen LogP contribution in [0.4, 0.5) is 0 Å². The SMILES string of the molecule is CC(N)c1cn(Cc2ccncc2)nn1. The highest BCUT2D eigenvalue weighted by atomic mass is 15.4. The Hall–Kier alpha value is -1.75. The molecule has 0 aliphatic carbocycles. The first kappa shape index (κ1) is 9.79. The van der Waals surface area contributed by atoms with Crippen LogP contribution in [0.1, 0.15) is 24.2 Å². The van der Waals surface area contributed by atoms with Gasteiger partial charge in [-0.1, -0.05) is 5.21 Å². The number of hydrogen-bond donors (Lipinski definition) is 1. The average molecular weight is 203 g/mol. The maximum absolute atomic E-state index is 5.69. The summed E-state index contributed by atoms with van der Waals surface area (Å²) in [6.07, 6.45) is 5.39. The zero-order chi connectivity index (χ0) is 10.7. The molecule has 0 spiro atoms. The van der Waals surface area contributed by atoms with Crippen molar-refractivity contribution < 1.29 is 0 Å². The van der Waals surface area contributed by atoms with Crippen molar-refractivity contribution in [1.82, 2.24) is 20.0 Å². The molecule has 0 saturated carbocycles. The molecule has 78 valence electrons. The number of pyridine rings is 1. The van der Waals surface area contributed by atoms with Crippen molar-refractivity contribution in [2.24, 2.45) is 5.73 Å². The third kappa shape index (κ3) is 2.38. The first-order chi connectivity index (χ1) is 7.25. The lowest BCUT2D eigenvalue weighted by Crippen LogP contribution is -2.05. The first-order valence-corrected chi connectivity index (χ1v) is 4.80. The van der Waals surface area contributed by atoms with Crippen LogP contribution in [-0.2, 0) is 6.54 Å². The molecule has 0 radical (unpaired) electrons. The lowest BCUT2D eigenvalue weighted by atomic mass is 10.2. The van der Waals surface area contributed by atoms with Crippen LogP contribution >= 0.6 is 0 Å². The van der Waals surface area contributed by atoms with Crippen LogP contribution in [0.3, 0.4) is 0 Å². The number of hydrogen-bond acceptors (Lipinski definition) is 4. The molecule has 2 aromatic heterocycles. The van der Waals surface area contributed by atoms with E-state index in [2.05, 4.69) is 15.3 Å². The molecule has 0 fully saturated rings. The minimum Gasteiger partial charge on any atom is -0.323 e. The normalized spacial score (nSPS) is 12.7. The van der Waals surface area contributed by atoms with Gasteiger partial charge in [-0.3, -0.25) is 4.98 Å². The quantitative estimate of drug-likeness (QED) is 0.798. The predicted molar refractivity (Wildman–Crippen MR) is 56.0 cm³/mol. The van der Waals surface area contributed by atoms with Crippen molar-refractivity contribution in [3.05, 3.63) is 42.0 Å². The predicted octanol–water partition coefficient (Wildman–Crippen LogP) is 0.741. The van der Waals surface area contributed by atoms with E-state index in [4.69, 9.17) is 5.73 Å². The van der Waals surface area contributed by atoms with Gasteiger partial charge in [0.05, 0.1) is 18.4 Å². The van der Waals surface area contributed by atoms with Crippen molar-refractivity contribution in [3.8, 4) is 0 Å². The van der Waals surface area contributed by atoms with Gasteiger partial charge in [-0.25, -0.2) is 4.68 Å². The Morgan fingerprint density at radius 2 is 2.13 bits per heavy atom. The van der Waals surface area contributed by atoms with Crippen LogP contribution in [0, 0.1) is 0 Å². The Morgan fingerprint density at radius 3 is 2.73 bits per heavy atom. The summed E-state index contributed by atoms with van der Waals surface area (Å²) in [5.74, 6) is 0. The van der Waals surface area contributed by atoms with Crippen molar-refractivity contribution in [3.63, 3.8) is 0 Å². The van der Waals surface area contributed by atoms with Gasteiger partial charge in [-0.05, 0) is 24.6 Å². The highest BCUT2D eigenvalue weighted by molar-refractivity contribution is 5.10. The third-order valence-electron chi connectivity index (χ3n) is 2.12.